The number of nitrogens with two attached hydrogens (primary N) is 1. The SMILES string of the molecule is Cc1ncsc1-c1ccc([C@H](CC(=O)NCCCCCCCCCCCCNCCCONC(=O)c2ccc(F)c(F)c2Nc2ccc(I)cc2F)C2(C(N)=O)CC(O)CN2C(=O)C(NC(=O)C2(F)CC2)C(C)(C)C)cc1. The maximum Gasteiger partial charge on any atom is 0.277 e. The number of β-amino-alcohol motifs (C(OH)–C–C–N with tert-alkyl or cyclic N) is 1. The highest BCUT2D eigenvalue weighted by atomic mass is 127. The molecule has 2 heterocycles. The summed E-state index contributed by atoms with van der Waals surface area (Å²) in [4.78, 5) is 80.2. The molecule has 1 saturated heterocycles. The summed E-state index contributed by atoms with van der Waals surface area (Å²) in [6.07, 6.45) is 9.35. The zero-order valence-corrected chi connectivity index (χ0v) is 47.3. The summed E-state index contributed by atoms with van der Waals surface area (Å²) in [7, 11) is 0. The topological polar surface area (TPSA) is 217 Å². The first-order valence-corrected chi connectivity index (χ1v) is 28.5. The normalized spacial score (nSPS) is 17.6. The van der Waals surface area contributed by atoms with Gasteiger partial charge < -0.3 is 37.0 Å². The van der Waals surface area contributed by atoms with Crippen molar-refractivity contribution in [2.75, 3.05) is 38.1 Å². The molecule has 15 nitrogen and oxygen atoms in total. The van der Waals surface area contributed by atoms with Gasteiger partial charge in [-0.25, -0.2) is 28.0 Å². The lowest BCUT2D eigenvalue weighted by molar-refractivity contribution is -0.151. The minimum atomic E-state index is -2.06. The second-order valence-corrected chi connectivity index (χ2v) is 23.4. The largest absolute Gasteiger partial charge is 0.391 e. The third-order valence-corrected chi connectivity index (χ3v) is 15.9. The summed E-state index contributed by atoms with van der Waals surface area (Å²) in [5.41, 5.74) is 6.85. The standard InChI is InChI=1S/C56H73F4IN8O7S/c1-35-48(77-34-65-35)37-18-16-36(17-19-37)41(56(52(62)74)32-39(70)33-69(56)51(73)49(54(2,3)4)67-53(75)55(60)24-25-55)31-45(71)64-28-14-12-10-8-6-5-7-9-11-13-26-63-27-15-29-76-68-50(72)40-21-22-42(57)46(59)47(40)66-44-23-20-38(61)30-43(44)58/h16-23,30,34,39,41,49,63,66,70H,5-15,24-29,31-33H2,1-4H3,(H2,62,74)(H,64,71)(H,67,75)(H,68,72)/t39?,41-,49?,56?/m0/s1. The van der Waals surface area contributed by atoms with Gasteiger partial charge in [-0.2, -0.15) is 0 Å². The fraction of sp³-hybridized carbons (Fsp3) is 0.536. The minimum absolute atomic E-state index is 0.0452. The van der Waals surface area contributed by atoms with Crippen LogP contribution in [0.25, 0.3) is 10.4 Å². The predicted molar refractivity (Wildman–Crippen MR) is 297 cm³/mol. The number of hydrogen-bond acceptors (Lipinski definition) is 11. The second kappa shape index (κ2) is 28.1. The third kappa shape index (κ3) is 16.4. The number of primary amides is 1. The van der Waals surface area contributed by atoms with Crippen LogP contribution >= 0.6 is 33.9 Å². The van der Waals surface area contributed by atoms with Gasteiger partial charge in [-0.15, -0.1) is 11.3 Å². The van der Waals surface area contributed by atoms with E-state index in [1.807, 2.05) is 41.6 Å². The first-order valence-electron chi connectivity index (χ1n) is 26.6. The number of aryl methyl sites for hydroxylation is 1. The Balaban J connectivity index is 0.881. The number of hydrogen-bond donors (Lipinski definition) is 7. The number of halogens is 5. The Kier molecular flexibility index (Phi) is 22.2. The molecule has 4 aromatic rings. The van der Waals surface area contributed by atoms with Crippen molar-refractivity contribution in [1.29, 1.82) is 0 Å². The van der Waals surface area contributed by atoms with Crippen LogP contribution in [0.4, 0.5) is 28.9 Å². The van der Waals surface area contributed by atoms with E-state index in [0.29, 0.717) is 28.6 Å². The number of thiazole rings is 1. The van der Waals surface area contributed by atoms with E-state index in [9.17, 15) is 46.6 Å². The average Bonchev–Trinajstić information content (AvgIpc) is 3.87. The first kappa shape index (κ1) is 61.0. The zero-order valence-electron chi connectivity index (χ0n) is 44.3. The zero-order chi connectivity index (χ0) is 55.9. The number of amides is 5. The second-order valence-electron chi connectivity index (χ2n) is 21.3. The summed E-state index contributed by atoms with van der Waals surface area (Å²) in [6.45, 7) is 8.86. The number of unbranched alkanes of at least 4 members (excludes halogenated alkanes) is 9. The van der Waals surface area contributed by atoms with Crippen molar-refractivity contribution in [3.63, 3.8) is 0 Å². The Morgan fingerprint density at radius 1 is 0.883 bits per heavy atom. The van der Waals surface area contributed by atoms with Gasteiger partial charge in [0, 0.05) is 35.4 Å². The van der Waals surface area contributed by atoms with Crippen molar-refractivity contribution < 1.29 is 51.5 Å². The number of aliphatic hydroxyl groups is 1. The van der Waals surface area contributed by atoms with Crippen molar-refractivity contribution in [3.05, 3.63) is 98.0 Å². The van der Waals surface area contributed by atoms with Gasteiger partial charge in [0.25, 0.3) is 11.8 Å². The minimum Gasteiger partial charge on any atom is -0.391 e. The van der Waals surface area contributed by atoms with Crippen LogP contribution in [-0.2, 0) is 24.0 Å². The van der Waals surface area contributed by atoms with E-state index in [4.69, 9.17) is 10.6 Å². The number of nitrogens with zero attached hydrogens (tertiary/aromatic N) is 2. The molecule has 5 amide bonds. The summed E-state index contributed by atoms with van der Waals surface area (Å²) in [6, 6.07) is 12.2. The summed E-state index contributed by atoms with van der Waals surface area (Å²) in [5.74, 6) is -7.84. The number of likely N-dealkylation sites (tertiary alicyclic amines) is 1. The molecule has 0 radical (unpaired) electrons. The summed E-state index contributed by atoms with van der Waals surface area (Å²) < 4.78 is 58.7. The molecule has 77 heavy (non-hydrogen) atoms. The summed E-state index contributed by atoms with van der Waals surface area (Å²) in [5, 5.41) is 22.7. The molecule has 6 rings (SSSR count). The first-order chi connectivity index (χ1) is 36.7. The predicted octanol–water partition coefficient (Wildman–Crippen LogP) is 9.57. The van der Waals surface area contributed by atoms with Gasteiger partial charge in [-0.05, 0) is 122 Å². The molecule has 2 aliphatic rings. The van der Waals surface area contributed by atoms with E-state index in [1.165, 1.54) is 28.4 Å². The summed E-state index contributed by atoms with van der Waals surface area (Å²) >= 11 is 3.40. The Hall–Kier alpha value is -5.23. The van der Waals surface area contributed by atoms with Crippen LogP contribution in [0.15, 0.2) is 60.1 Å². The highest BCUT2D eigenvalue weighted by molar-refractivity contribution is 14.1. The molecule has 1 aliphatic carbocycles. The molecule has 1 saturated carbocycles. The van der Waals surface area contributed by atoms with Crippen LogP contribution in [0.3, 0.4) is 0 Å². The Labute approximate surface area is 466 Å². The average molecular weight is 1210 g/mol. The number of benzene rings is 3. The van der Waals surface area contributed by atoms with Gasteiger partial charge in [-0.1, -0.05) is 96.4 Å². The van der Waals surface area contributed by atoms with E-state index in [2.05, 4.69) is 31.7 Å². The molecular formula is C56H73F4IN8O7S. The van der Waals surface area contributed by atoms with Gasteiger partial charge in [-0.3, -0.25) is 28.8 Å². The van der Waals surface area contributed by atoms with Gasteiger partial charge in [0.1, 0.15) is 17.4 Å². The third-order valence-electron chi connectivity index (χ3n) is 14.3. The Bertz CT molecular complexity index is 2670. The van der Waals surface area contributed by atoms with Crippen molar-refractivity contribution in [2.24, 2.45) is 11.1 Å². The smallest absolute Gasteiger partial charge is 0.277 e. The number of anilines is 2. The molecule has 8 N–H and O–H groups in total. The molecule has 420 valence electrons. The van der Waals surface area contributed by atoms with Crippen LogP contribution in [-0.4, -0.2) is 101 Å². The number of carbonyl (C=O) groups is 5. The van der Waals surface area contributed by atoms with Crippen molar-refractivity contribution >= 4 is 74.8 Å². The van der Waals surface area contributed by atoms with Gasteiger partial charge in [0.2, 0.25) is 17.7 Å². The Morgan fingerprint density at radius 3 is 2.12 bits per heavy atom. The van der Waals surface area contributed by atoms with E-state index in [0.717, 1.165) is 99.0 Å². The molecule has 3 aromatic carbocycles. The molecule has 3 unspecified atom stereocenters. The lowest BCUT2D eigenvalue weighted by Gasteiger charge is -2.44. The number of rotatable bonds is 30. The van der Waals surface area contributed by atoms with Crippen LogP contribution < -0.4 is 32.5 Å². The van der Waals surface area contributed by atoms with E-state index < -0.39 is 81.5 Å². The maximum atomic E-state index is 15.0. The molecule has 0 bridgehead atoms. The van der Waals surface area contributed by atoms with Crippen LogP contribution in [0.2, 0.25) is 0 Å². The monoisotopic (exact) mass is 1200 g/mol. The van der Waals surface area contributed by atoms with Crippen LogP contribution in [0, 0.1) is 33.4 Å². The van der Waals surface area contributed by atoms with Crippen LogP contribution in [0.1, 0.15) is 145 Å². The lowest BCUT2D eigenvalue weighted by atomic mass is 9.73. The lowest BCUT2D eigenvalue weighted by Crippen LogP contribution is -2.65. The highest BCUT2D eigenvalue weighted by Crippen LogP contribution is 2.46. The highest BCUT2D eigenvalue weighted by Gasteiger charge is 2.60. The van der Waals surface area contributed by atoms with E-state index in [1.54, 1.807) is 44.5 Å². The Morgan fingerprint density at radius 2 is 1.52 bits per heavy atom. The molecule has 0 spiro atoms. The van der Waals surface area contributed by atoms with Gasteiger partial charge in [0.15, 0.2) is 17.3 Å². The van der Waals surface area contributed by atoms with Crippen molar-refractivity contribution in [1.82, 2.24) is 31.3 Å². The molecular weight excluding hydrogens is 1130 g/mol. The molecule has 1 aliphatic heterocycles. The number of aliphatic hydroxyl groups excluding tert-OH is 1. The van der Waals surface area contributed by atoms with Crippen molar-refractivity contribution in [2.45, 2.75) is 153 Å². The quantitative estimate of drug-likeness (QED) is 0.0114. The number of aromatic nitrogens is 1. The maximum absolute atomic E-state index is 15.0. The fourth-order valence-corrected chi connectivity index (χ4v) is 11.0. The molecule has 21 heteroatoms. The fourth-order valence-electron chi connectivity index (χ4n) is 9.77. The molecule has 4 atom stereocenters. The van der Waals surface area contributed by atoms with Gasteiger partial charge >= 0.3 is 0 Å². The number of alkyl halides is 1. The van der Waals surface area contributed by atoms with E-state index >= 15 is 0 Å². The molecule has 1 aromatic heterocycles. The van der Waals surface area contributed by atoms with E-state index in [-0.39, 0.29) is 56.0 Å². The number of hydroxylamine groups is 1. The number of carbonyl (C=O) groups excluding carboxylic acids is 5. The number of nitrogens with one attached hydrogen (secondary N) is 5. The van der Waals surface area contributed by atoms with Crippen LogP contribution in [0.5, 0.6) is 0 Å². The molecule has 2 fully saturated rings. The van der Waals surface area contributed by atoms with Gasteiger partial charge in [0.05, 0.1) is 45.7 Å². The van der Waals surface area contributed by atoms with Crippen molar-refractivity contribution in [3.8, 4) is 10.4 Å².